The summed E-state index contributed by atoms with van der Waals surface area (Å²) < 4.78 is 11.4. The van der Waals surface area contributed by atoms with Gasteiger partial charge in [-0.15, -0.1) is 0 Å². The Bertz CT molecular complexity index is 1130. The Morgan fingerprint density at radius 2 is 2.07 bits per heavy atom. The van der Waals surface area contributed by atoms with Crippen molar-refractivity contribution in [1.29, 1.82) is 0 Å². The third kappa shape index (κ3) is 3.43. The highest BCUT2D eigenvalue weighted by Gasteiger charge is 2.34. The number of carbonyl (C=O) groups is 2. The van der Waals surface area contributed by atoms with Crippen molar-refractivity contribution in [2.24, 2.45) is 18.7 Å². The number of hydrogen-bond donors (Lipinski definition) is 1. The molecule has 0 saturated carbocycles. The van der Waals surface area contributed by atoms with Crippen LogP contribution in [0.4, 0.5) is 0 Å². The number of ether oxygens (including phenoxy) is 1. The number of nitrogens with zero attached hydrogens (tertiary/aromatic N) is 3. The zero-order valence-corrected chi connectivity index (χ0v) is 18.0. The van der Waals surface area contributed by atoms with E-state index in [1.54, 1.807) is 13.8 Å². The summed E-state index contributed by atoms with van der Waals surface area (Å²) in [6.45, 7) is 5.90. The van der Waals surface area contributed by atoms with Crippen LogP contribution < -0.4 is 10.3 Å². The van der Waals surface area contributed by atoms with E-state index in [2.05, 4.69) is 15.2 Å². The third-order valence-corrected chi connectivity index (χ3v) is 6.11. The van der Waals surface area contributed by atoms with Crippen LogP contribution in [0.1, 0.15) is 42.1 Å². The van der Waals surface area contributed by atoms with Gasteiger partial charge >= 0.3 is 5.97 Å². The van der Waals surface area contributed by atoms with Crippen molar-refractivity contribution in [3.63, 3.8) is 0 Å². The molecule has 2 heterocycles. The van der Waals surface area contributed by atoms with E-state index in [-0.39, 0.29) is 18.4 Å². The number of benzene rings is 1. The minimum atomic E-state index is -1.03. The minimum Gasteiger partial charge on any atom is -0.423 e. The van der Waals surface area contributed by atoms with Gasteiger partial charge in [0.2, 0.25) is 6.73 Å². The number of esters is 1. The van der Waals surface area contributed by atoms with Gasteiger partial charge in [-0.3, -0.25) is 4.79 Å². The van der Waals surface area contributed by atoms with Crippen LogP contribution in [0, 0.1) is 12.8 Å². The number of Topliss-reactive ketones (excluding diaryl/α,β-unsaturated/α-hetero) is 1. The molecular weight excluding hydrogens is 380 g/mol. The standard InChI is InChI=1S/C23H29N4O3/c1-15-26(11-12-27(15)14-30-22(29)23(2,3)24)13-16-9-10-19-20(21(16)28)17-7-5-6-8-18(17)25(19)4/h5-8,11-12,16H,9-10,13-14,24H2,1-4H3/q+1. The number of imidazole rings is 1. The molecule has 0 spiro atoms. The lowest BCUT2D eigenvalue weighted by atomic mass is 9.85. The van der Waals surface area contributed by atoms with E-state index in [1.165, 1.54) is 0 Å². The van der Waals surface area contributed by atoms with Crippen molar-refractivity contribution in [3.8, 4) is 0 Å². The SMILES string of the molecule is Cc1n(CC2CCc3c(c4ccccc4n3C)C2=O)cc[n+]1COC(=O)C(C)(C)N. The van der Waals surface area contributed by atoms with Crippen LogP contribution >= 0.6 is 0 Å². The highest BCUT2D eigenvalue weighted by Crippen LogP contribution is 2.34. The molecule has 1 aromatic carbocycles. The topological polar surface area (TPSA) is 83.1 Å². The smallest absolute Gasteiger partial charge is 0.328 e. The molecule has 0 bridgehead atoms. The van der Waals surface area contributed by atoms with Gasteiger partial charge in [0, 0.05) is 36.1 Å². The third-order valence-electron chi connectivity index (χ3n) is 6.11. The fourth-order valence-electron chi connectivity index (χ4n) is 4.26. The van der Waals surface area contributed by atoms with Gasteiger partial charge in [-0.2, -0.15) is 4.57 Å². The number of carbonyl (C=O) groups excluding carboxylic acids is 2. The van der Waals surface area contributed by atoms with Gasteiger partial charge in [-0.05, 0) is 32.8 Å². The van der Waals surface area contributed by atoms with Gasteiger partial charge in [-0.1, -0.05) is 18.2 Å². The second-order valence-corrected chi connectivity index (χ2v) is 8.75. The molecule has 0 aliphatic heterocycles. The molecule has 30 heavy (non-hydrogen) atoms. The summed E-state index contributed by atoms with van der Waals surface area (Å²) in [4.78, 5) is 25.3. The molecule has 0 amide bonds. The number of fused-ring (bicyclic) bond motifs is 3. The summed E-state index contributed by atoms with van der Waals surface area (Å²) in [5, 5.41) is 1.04. The maximum absolute atomic E-state index is 13.4. The molecule has 0 radical (unpaired) electrons. The number of hydrogen-bond acceptors (Lipinski definition) is 4. The average Bonchev–Trinajstić information content (AvgIpc) is 3.20. The Morgan fingerprint density at radius 3 is 2.80 bits per heavy atom. The normalized spacial score (nSPS) is 16.7. The van der Waals surface area contributed by atoms with Gasteiger partial charge in [0.05, 0.1) is 5.92 Å². The van der Waals surface area contributed by atoms with Crippen LogP contribution in [0.25, 0.3) is 10.9 Å². The predicted molar refractivity (Wildman–Crippen MR) is 113 cm³/mol. The first kappa shape index (κ1) is 20.3. The summed E-state index contributed by atoms with van der Waals surface area (Å²) in [7, 11) is 2.04. The lowest BCUT2D eigenvalue weighted by Crippen LogP contribution is -2.46. The molecule has 1 atom stereocenters. The van der Waals surface area contributed by atoms with Crippen molar-refractivity contribution < 1.29 is 18.9 Å². The van der Waals surface area contributed by atoms with E-state index in [0.717, 1.165) is 40.8 Å². The first-order valence-electron chi connectivity index (χ1n) is 10.3. The zero-order chi connectivity index (χ0) is 21.6. The molecule has 2 N–H and O–H groups in total. The second-order valence-electron chi connectivity index (χ2n) is 8.75. The minimum absolute atomic E-state index is 0.0756. The first-order valence-corrected chi connectivity index (χ1v) is 10.3. The number of aromatic nitrogens is 3. The highest BCUT2D eigenvalue weighted by atomic mass is 16.5. The Morgan fingerprint density at radius 1 is 1.33 bits per heavy atom. The van der Waals surface area contributed by atoms with Crippen molar-refractivity contribution in [3.05, 3.63) is 53.7 Å². The maximum Gasteiger partial charge on any atom is 0.328 e. The van der Waals surface area contributed by atoms with Crippen LogP contribution in [-0.4, -0.2) is 26.4 Å². The maximum atomic E-state index is 13.4. The average molecular weight is 410 g/mol. The van der Waals surface area contributed by atoms with E-state index in [9.17, 15) is 9.59 Å². The number of aryl methyl sites for hydroxylation is 1. The Labute approximate surface area is 176 Å². The van der Waals surface area contributed by atoms with Gasteiger partial charge in [-0.25, -0.2) is 9.36 Å². The van der Waals surface area contributed by atoms with Gasteiger partial charge in [0.25, 0.3) is 5.82 Å². The molecule has 7 heteroatoms. The Kier molecular flexibility index (Phi) is 5.02. The molecule has 2 aromatic heterocycles. The fourth-order valence-corrected chi connectivity index (χ4v) is 4.26. The van der Waals surface area contributed by atoms with E-state index in [0.29, 0.717) is 6.54 Å². The highest BCUT2D eigenvalue weighted by molar-refractivity contribution is 6.11. The summed E-state index contributed by atoms with van der Waals surface area (Å²) in [5.74, 6) is 0.611. The molecule has 1 aliphatic carbocycles. The number of rotatable bonds is 5. The molecule has 4 rings (SSSR count). The van der Waals surface area contributed by atoms with Gasteiger partial charge < -0.3 is 15.0 Å². The van der Waals surface area contributed by atoms with Crippen molar-refractivity contribution in [1.82, 2.24) is 9.13 Å². The number of para-hydroxylation sites is 1. The van der Waals surface area contributed by atoms with Crippen LogP contribution in [0.15, 0.2) is 36.7 Å². The van der Waals surface area contributed by atoms with Crippen LogP contribution in [0.2, 0.25) is 0 Å². The molecule has 3 aromatic rings. The largest absolute Gasteiger partial charge is 0.423 e. The zero-order valence-electron chi connectivity index (χ0n) is 18.0. The van der Waals surface area contributed by atoms with Gasteiger partial charge in [0.15, 0.2) is 5.78 Å². The van der Waals surface area contributed by atoms with Crippen LogP contribution in [0.3, 0.4) is 0 Å². The Hall–Kier alpha value is -2.93. The van der Waals surface area contributed by atoms with E-state index >= 15 is 0 Å². The molecule has 0 saturated heterocycles. The molecule has 1 unspecified atom stereocenters. The monoisotopic (exact) mass is 409 g/mol. The quantitative estimate of drug-likeness (QED) is 0.518. The molecule has 158 valence electrons. The molecule has 7 nitrogen and oxygen atoms in total. The van der Waals surface area contributed by atoms with Crippen molar-refractivity contribution >= 4 is 22.7 Å². The van der Waals surface area contributed by atoms with E-state index < -0.39 is 11.5 Å². The lowest BCUT2D eigenvalue weighted by molar-refractivity contribution is -0.732. The fraction of sp³-hybridized carbons (Fsp3) is 0.435. The summed E-state index contributed by atoms with van der Waals surface area (Å²) >= 11 is 0. The number of nitrogens with two attached hydrogens (primary N) is 1. The summed E-state index contributed by atoms with van der Waals surface area (Å²) in [5.41, 5.74) is 7.87. The summed E-state index contributed by atoms with van der Waals surface area (Å²) in [6.07, 6.45) is 5.51. The Balaban J connectivity index is 1.53. The van der Waals surface area contributed by atoms with E-state index in [1.807, 2.05) is 49.1 Å². The van der Waals surface area contributed by atoms with Crippen LogP contribution in [0.5, 0.6) is 0 Å². The lowest BCUT2D eigenvalue weighted by Gasteiger charge is -2.21. The predicted octanol–water partition coefficient (Wildman–Crippen LogP) is 2.26. The van der Waals surface area contributed by atoms with Crippen molar-refractivity contribution in [2.75, 3.05) is 0 Å². The molecule has 1 aliphatic rings. The van der Waals surface area contributed by atoms with Gasteiger partial charge in [0.1, 0.15) is 24.5 Å². The molecule has 0 fully saturated rings. The van der Waals surface area contributed by atoms with Crippen molar-refractivity contribution in [2.45, 2.75) is 52.4 Å². The first-order chi connectivity index (χ1) is 14.2. The van der Waals surface area contributed by atoms with E-state index in [4.69, 9.17) is 10.5 Å². The second kappa shape index (κ2) is 7.40. The number of ketones is 1. The summed E-state index contributed by atoms with van der Waals surface area (Å²) in [6, 6.07) is 8.11. The molecular formula is C23H29N4O3+. The van der Waals surface area contributed by atoms with Crippen LogP contribution in [-0.2, 0) is 36.3 Å².